The van der Waals surface area contributed by atoms with E-state index < -0.39 is 11.5 Å². The molecule has 0 unspecified atom stereocenters. The Labute approximate surface area is 118 Å². The fraction of sp³-hybridized carbons (Fsp3) is 0.643. The molecule has 1 aromatic heterocycles. The van der Waals surface area contributed by atoms with Crippen LogP contribution in [0.4, 0.5) is 5.82 Å². The number of aryl methyl sites for hydroxylation is 2. The van der Waals surface area contributed by atoms with Crippen molar-refractivity contribution in [3.8, 4) is 6.07 Å². The van der Waals surface area contributed by atoms with E-state index in [-0.39, 0.29) is 0 Å². The Balaban J connectivity index is 2.35. The van der Waals surface area contributed by atoms with Crippen LogP contribution < -0.4 is 5.32 Å². The standard InChI is InChI=1S/C14H20N4O2/c1-9-4-6-14(7-5-9,13(19)20)16-12-11(8-15)10(2)17-18(12)3/h9,16H,4-7H2,1-3H3,(H,19,20). The summed E-state index contributed by atoms with van der Waals surface area (Å²) in [5, 5.41) is 26.1. The molecule has 1 aromatic rings. The average Bonchev–Trinajstić information content (AvgIpc) is 2.66. The van der Waals surface area contributed by atoms with Crippen LogP contribution in [0.5, 0.6) is 0 Å². The van der Waals surface area contributed by atoms with Crippen LogP contribution in [-0.4, -0.2) is 26.4 Å². The summed E-state index contributed by atoms with van der Waals surface area (Å²) in [5.74, 6) is 0.196. The Morgan fingerprint density at radius 2 is 2.15 bits per heavy atom. The zero-order chi connectivity index (χ0) is 14.9. The second kappa shape index (κ2) is 5.16. The molecule has 1 aliphatic carbocycles. The van der Waals surface area contributed by atoms with Crippen LogP contribution >= 0.6 is 0 Å². The number of rotatable bonds is 3. The van der Waals surface area contributed by atoms with Gasteiger partial charge in [-0.1, -0.05) is 6.92 Å². The minimum atomic E-state index is -0.988. The van der Waals surface area contributed by atoms with Crippen LogP contribution in [0.3, 0.4) is 0 Å². The molecule has 2 N–H and O–H groups in total. The smallest absolute Gasteiger partial charge is 0.329 e. The maximum absolute atomic E-state index is 11.7. The third-order valence-electron chi connectivity index (χ3n) is 4.23. The Hall–Kier alpha value is -2.03. The lowest BCUT2D eigenvalue weighted by Crippen LogP contribution is -2.49. The Morgan fingerprint density at radius 3 is 2.65 bits per heavy atom. The third-order valence-corrected chi connectivity index (χ3v) is 4.23. The molecule has 2 rings (SSSR count). The van der Waals surface area contributed by atoms with Gasteiger partial charge >= 0.3 is 5.97 Å². The molecule has 0 amide bonds. The van der Waals surface area contributed by atoms with E-state index in [9.17, 15) is 15.2 Å². The Morgan fingerprint density at radius 1 is 1.55 bits per heavy atom. The van der Waals surface area contributed by atoms with E-state index in [1.807, 2.05) is 0 Å². The zero-order valence-corrected chi connectivity index (χ0v) is 12.1. The van der Waals surface area contributed by atoms with Crippen molar-refractivity contribution in [1.82, 2.24) is 9.78 Å². The summed E-state index contributed by atoms with van der Waals surface area (Å²) in [6.45, 7) is 3.89. The molecule has 108 valence electrons. The second-order valence-corrected chi connectivity index (χ2v) is 5.74. The fourth-order valence-corrected chi connectivity index (χ4v) is 2.81. The normalized spacial score (nSPS) is 26.0. The number of anilines is 1. The fourth-order valence-electron chi connectivity index (χ4n) is 2.81. The van der Waals surface area contributed by atoms with E-state index in [1.54, 1.807) is 18.7 Å². The van der Waals surface area contributed by atoms with Crippen LogP contribution in [-0.2, 0) is 11.8 Å². The molecule has 1 heterocycles. The number of nitrogens with one attached hydrogen (secondary N) is 1. The second-order valence-electron chi connectivity index (χ2n) is 5.74. The lowest BCUT2D eigenvalue weighted by Gasteiger charge is -2.37. The van der Waals surface area contributed by atoms with Crippen molar-refractivity contribution in [2.24, 2.45) is 13.0 Å². The summed E-state index contributed by atoms with van der Waals surface area (Å²) in [6.07, 6.45) is 2.88. The predicted octanol–water partition coefficient (Wildman–Crippen LogP) is 2.05. The van der Waals surface area contributed by atoms with Crippen molar-refractivity contribution in [3.63, 3.8) is 0 Å². The van der Waals surface area contributed by atoms with E-state index in [0.717, 1.165) is 12.8 Å². The largest absolute Gasteiger partial charge is 0.480 e. The zero-order valence-electron chi connectivity index (χ0n) is 12.1. The maximum atomic E-state index is 11.7. The first-order chi connectivity index (χ1) is 9.39. The summed E-state index contributed by atoms with van der Waals surface area (Å²) in [7, 11) is 1.72. The topological polar surface area (TPSA) is 90.9 Å². The summed E-state index contributed by atoms with van der Waals surface area (Å²) in [5.41, 5.74) is 0.0483. The quantitative estimate of drug-likeness (QED) is 0.881. The molecule has 1 fully saturated rings. The number of carboxylic acids is 1. The highest BCUT2D eigenvalue weighted by Crippen LogP contribution is 2.35. The van der Waals surface area contributed by atoms with E-state index in [4.69, 9.17) is 0 Å². The first kappa shape index (κ1) is 14.4. The first-order valence-electron chi connectivity index (χ1n) is 6.85. The molecule has 0 bridgehead atoms. The van der Waals surface area contributed by atoms with Crippen molar-refractivity contribution in [1.29, 1.82) is 5.26 Å². The molecule has 0 atom stereocenters. The van der Waals surface area contributed by atoms with Crippen molar-refractivity contribution in [2.75, 3.05) is 5.32 Å². The van der Waals surface area contributed by atoms with Crippen molar-refractivity contribution >= 4 is 11.8 Å². The minimum absolute atomic E-state index is 0.423. The molecule has 0 aliphatic heterocycles. The van der Waals surface area contributed by atoms with Gasteiger partial charge in [0.25, 0.3) is 0 Å². The van der Waals surface area contributed by atoms with E-state index in [1.165, 1.54) is 0 Å². The van der Waals surface area contributed by atoms with Gasteiger partial charge in [-0.25, -0.2) is 4.79 Å². The summed E-state index contributed by atoms with van der Waals surface area (Å²) in [6, 6.07) is 2.10. The molecule has 0 radical (unpaired) electrons. The van der Waals surface area contributed by atoms with Crippen LogP contribution in [0.2, 0.25) is 0 Å². The summed E-state index contributed by atoms with van der Waals surface area (Å²) < 4.78 is 1.55. The maximum Gasteiger partial charge on any atom is 0.329 e. The lowest BCUT2D eigenvalue weighted by molar-refractivity contribution is -0.143. The number of nitriles is 1. The third kappa shape index (κ3) is 2.36. The van der Waals surface area contributed by atoms with Gasteiger partial charge in [-0.15, -0.1) is 0 Å². The number of carboxylic acid groups (broad SMARTS) is 1. The van der Waals surface area contributed by atoms with Crippen LogP contribution in [0, 0.1) is 24.2 Å². The number of aliphatic carboxylic acids is 1. The van der Waals surface area contributed by atoms with E-state index in [2.05, 4.69) is 23.4 Å². The van der Waals surface area contributed by atoms with Gasteiger partial charge < -0.3 is 10.4 Å². The van der Waals surface area contributed by atoms with Crippen molar-refractivity contribution in [2.45, 2.75) is 45.1 Å². The molecule has 6 nitrogen and oxygen atoms in total. The van der Waals surface area contributed by atoms with Gasteiger partial charge in [0, 0.05) is 7.05 Å². The van der Waals surface area contributed by atoms with Crippen LogP contribution in [0.1, 0.15) is 43.9 Å². The monoisotopic (exact) mass is 276 g/mol. The van der Waals surface area contributed by atoms with Gasteiger partial charge in [0.1, 0.15) is 23.0 Å². The van der Waals surface area contributed by atoms with Gasteiger partial charge in [0.2, 0.25) is 0 Å². The van der Waals surface area contributed by atoms with E-state index in [0.29, 0.717) is 35.8 Å². The van der Waals surface area contributed by atoms with Gasteiger partial charge in [-0.05, 0) is 38.5 Å². The molecular weight excluding hydrogens is 256 g/mol. The number of carbonyl (C=O) groups is 1. The highest BCUT2D eigenvalue weighted by atomic mass is 16.4. The SMILES string of the molecule is Cc1nn(C)c(NC2(C(=O)O)CCC(C)CC2)c1C#N. The van der Waals surface area contributed by atoms with Crippen molar-refractivity contribution < 1.29 is 9.90 Å². The van der Waals surface area contributed by atoms with Gasteiger partial charge in [-0.2, -0.15) is 10.4 Å². The average molecular weight is 276 g/mol. The lowest BCUT2D eigenvalue weighted by atomic mass is 9.77. The molecule has 0 saturated heterocycles. The molecule has 1 aliphatic rings. The van der Waals surface area contributed by atoms with Gasteiger partial charge in [-0.3, -0.25) is 4.68 Å². The predicted molar refractivity (Wildman–Crippen MR) is 74.3 cm³/mol. The summed E-state index contributed by atoms with van der Waals surface area (Å²) >= 11 is 0. The highest BCUT2D eigenvalue weighted by molar-refractivity contribution is 5.83. The van der Waals surface area contributed by atoms with Crippen molar-refractivity contribution in [3.05, 3.63) is 11.3 Å². The van der Waals surface area contributed by atoms with Crippen LogP contribution in [0.15, 0.2) is 0 Å². The number of hydrogen-bond donors (Lipinski definition) is 2. The van der Waals surface area contributed by atoms with E-state index >= 15 is 0 Å². The number of nitrogens with zero attached hydrogens (tertiary/aromatic N) is 3. The van der Waals surface area contributed by atoms with Crippen LogP contribution in [0.25, 0.3) is 0 Å². The molecule has 6 heteroatoms. The molecule has 1 saturated carbocycles. The Bertz CT molecular complexity index is 562. The summed E-state index contributed by atoms with van der Waals surface area (Å²) in [4.78, 5) is 11.7. The number of hydrogen-bond acceptors (Lipinski definition) is 4. The van der Waals surface area contributed by atoms with Gasteiger partial charge in [0.15, 0.2) is 0 Å². The Kier molecular flexibility index (Phi) is 3.71. The molecule has 20 heavy (non-hydrogen) atoms. The number of aromatic nitrogens is 2. The molecule has 0 spiro atoms. The van der Waals surface area contributed by atoms with Gasteiger partial charge in [0.05, 0.1) is 5.69 Å². The first-order valence-corrected chi connectivity index (χ1v) is 6.85. The molecular formula is C14H20N4O2. The molecule has 0 aromatic carbocycles. The highest BCUT2D eigenvalue weighted by Gasteiger charge is 2.42. The minimum Gasteiger partial charge on any atom is -0.480 e.